The number of anilines is 1. The van der Waals surface area contributed by atoms with Crippen LogP contribution in [0.25, 0.3) is 0 Å². The van der Waals surface area contributed by atoms with E-state index >= 15 is 0 Å². The number of hydrogen-bond acceptors (Lipinski definition) is 4. The van der Waals surface area contributed by atoms with E-state index in [1.807, 2.05) is 24.3 Å². The molecule has 2 fully saturated rings. The quantitative estimate of drug-likeness (QED) is 0.901. The second-order valence-corrected chi connectivity index (χ2v) is 5.80. The van der Waals surface area contributed by atoms with Gasteiger partial charge < -0.3 is 19.7 Å². The molecule has 1 N–H and O–H groups in total. The zero-order chi connectivity index (χ0) is 15.2. The molecule has 2 aliphatic heterocycles. The molecule has 2 aliphatic rings. The van der Waals surface area contributed by atoms with E-state index in [4.69, 9.17) is 9.47 Å². The molecule has 1 amide bonds. The molecule has 0 saturated carbocycles. The zero-order valence-corrected chi connectivity index (χ0v) is 12.9. The minimum absolute atomic E-state index is 0.0000822. The van der Waals surface area contributed by atoms with E-state index in [0.29, 0.717) is 12.6 Å². The summed E-state index contributed by atoms with van der Waals surface area (Å²) in [4.78, 5) is 14.7. The summed E-state index contributed by atoms with van der Waals surface area (Å²) < 4.78 is 11.0. The molecule has 5 nitrogen and oxygen atoms in total. The second-order valence-electron chi connectivity index (χ2n) is 5.80. The van der Waals surface area contributed by atoms with Crippen LogP contribution in [-0.4, -0.2) is 51.5 Å². The van der Waals surface area contributed by atoms with E-state index < -0.39 is 0 Å². The maximum absolute atomic E-state index is 12.5. The number of carbonyl (C=O) groups is 1. The molecule has 0 spiro atoms. The lowest BCUT2D eigenvalue weighted by Gasteiger charge is -2.30. The number of carbonyl (C=O) groups excluding carboxylic acids is 1. The summed E-state index contributed by atoms with van der Waals surface area (Å²) in [5.74, 6) is 0.0000822. The summed E-state index contributed by atoms with van der Waals surface area (Å²) in [7, 11) is 0. The molecular formula is C17H24N2O3. The van der Waals surface area contributed by atoms with E-state index in [1.165, 1.54) is 0 Å². The highest BCUT2D eigenvalue weighted by atomic mass is 16.5. The largest absolute Gasteiger partial charge is 0.378 e. The molecule has 0 aromatic heterocycles. The van der Waals surface area contributed by atoms with Crippen LogP contribution in [0.5, 0.6) is 0 Å². The molecule has 1 atom stereocenters. The molecule has 2 heterocycles. The Balaban J connectivity index is 1.59. The van der Waals surface area contributed by atoms with Crippen LogP contribution < -0.4 is 10.2 Å². The summed E-state index contributed by atoms with van der Waals surface area (Å²) >= 11 is 0. The fourth-order valence-corrected chi connectivity index (χ4v) is 3.06. The third-order valence-corrected chi connectivity index (χ3v) is 4.28. The fraction of sp³-hybridized carbons (Fsp3) is 0.588. The Labute approximate surface area is 131 Å². The van der Waals surface area contributed by atoms with Crippen molar-refractivity contribution in [2.75, 3.05) is 44.4 Å². The molecule has 2 saturated heterocycles. The molecule has 1 aromatic rings. The zero-order valence-electron chi connectivity index (χ0n) is 12.9. The Bertz CT molecular complexity index is 494. The highest BCUT2D eigenvalue weighted by Gasteiger charge is 2.19. The number of nitrogens with zero attached hydrogens (tertiary/aromatic N) is 1. The average molecular weight is 304 g/mol. The number of morpholine rings is 1. The maximum atomic E-state index is 12.5. The van der Waals surface area contributed by atoms with Crippen LogP contribution in [0.3, 0.4) is 0 Å². The Morgan fingerprint density at radius 2 is 2.05 bits per heavy atom. The first-order chi connectivity index (χ1) is 10.8. The molecule has 120 valence electrons. The van der Waals surface area contributed by atoms with E-state index in [0.717, 1.165) is 63.4 Å². The van der Waals surface area contributed by atoms with Crippen LogP contribution in [0.4, 0.5) is 5.69 Å². The molecule has 1 aromatic carbocycles. The van der Waals surface area contributed by atoms with Crippen molar-refractivity contribution in [1.82, 2.24) is 5.32 Å². The van der Waals surface area contributed by atoms with E-state index in [9.17, 15) is 4.79 Å². The predicted octanol–water partition coefficient (Wildman–Crippen LogP) is 1.82. The van der Waals surface area contributed by atoms with Gasteiger partial charge >= 0.3 is 0 Å². The molecule has 0 aliphatic carbocycles. The first-order valence-corrected chi connectivity index (χ1v) is 8.16. The number of amides is 1. The SMILES string of the molecule is O=C(NCC[C@@H]1CCCO1)c1ccccc1N1CCOCC1. The first-order valence-electron chi connectivity index (χ1n) is 8.16. The van der Waals surface area contributed by atoms with Crippen molar-refractivity contribution in [1.29, 1.82) is 0 Å². The lowest BCUT2D eigenvalue weighted by molar-refractivity contribution is 0.0906. The van der Waals surface area contributed by atoms with Gasteiger partial charge in [-0.3, -0.25) is 4.79 Å². The molecule has 5 heteroatoms. The van der Waals surface area contributed by atoms with Gasteiger partial charge in [0.25, 0.3) is 5.91 Å². The Kier molecular flexibility index (Phi) is 5.29. The van der Waals surface area contributed by atoms with Crippen molar-refractivity contribution in [3.8, 4) is 0 Å². The van der Waals surface area contributed by atoms with Gasteiger partial charge in [-0.2, -0.15) is 0 Å². The minimum atomic E-state index is 0.0000822. The van der Waals surface area contributed by atoms with Crippen LogP contribution in [-0.2, 0) is 9.47 Å². The molecule has 0 unspecified atom stereocenters. The number of para-hydroxylation sites is 1. The molecule has 3 rings (SSSR count). The smallest absolute Gasteiger partial charge is 0.253 e. The third kappa shape index (κ3) is 3.78. The van der Waals surface area contributed by atoms with Gasteiger partial charge in [-0.05, 0) is 31.4 Å². The number of nitrogens with one attached hydrogen (secondary N) is 1. The lowest BCUT2D eigenvalue weighted by Crippen LogP contribution is -2.38. The summed E-state index contributed by atoms with van der Waals surface area (Å²) in [5, 5.41) is 3.03. The molecule has 22 heavy (non-hydrogen) atoms. The van der Waals surface area contributed by atoms with Crippen molar-refractivity contribution in [3.05, 3.63) is 29.8 Å². The minimum Gasteiger partial charge on any atom is -0.378 e. The standard InChI is InChI=1S/C17H24N2O3/c20-17(18-8-7-14-4-3-11-22-14)15-5-1-2-6-16(15)19-9-12-21-13-10-19/h1-2,5-6,14H,3-4,7-13H2,(H,18,20)/t14-/m0/s1. The summed E-state index contributed by atoms with van der Waals surface area (Å²) in [6.45, 7) is 4.63. The van der Waals surface area contributed by atoms with Crippen molar-refractivity contribution in [2.45, 2.75) is 25.4 Å². The van der Waals surface area contributed by atoms with Gasteiger partial charge in [0.1, 0.15) is 0 Å². The number of ether oxygens (including phenoxy) is 2. The highest BCUT2D eigenvalue weighted by molar-refractivity contribution is 5.99. The van der Waals surface area contributed by atoms with Crippen molar-refractivity contribution < 1.29 is 14.3 Å². The molecule has 0 bridgehead atoms. The monoisotopic (exact) mass is 304 g/mol. The van der Waals surface area contributed by atoms with Gasteiger partial charge in [-0.15, -0.1) is 0 Å². The van der Waals surface area contributed by atoms with Crippen molar-refractivity contribution in [2.24, 2.45) is 0 Å². The van der Waals surface area contributed by atoms with E-state index in [-0.39, 0.29) is 5.91 Å². The van der Waals surface area contributed by atoms with Gasteiger partial charge in [0.15, 0.2) is 0 Å². The van der Waals surface area contributed by atoms with Crippen LogP contribution in [0.15, 0.2) is 24.3 Å². The molecule has 0 radical (unpaired) electrons. The normalized spacial score (nSPS) is 21.8. The lowest BCUT2D eigenvalue weighted by atomic mass is 10.1. The van der Waals surface area contributed by atoms with E-state index in [1.54, 1.807) is 0 Å². The second kappa shape index (κ2) is 7.61. The number of rotatable bonds is 5. The highest BCUT2D eigenvalue weighted by Crippen LogP contribution is 2.21. The number of hydrogen-bond donors (Lipinski definition) is 1. The van der Waals surface area contributed by atoms with Crippen LogP contribution in [0.1, 0.15) is 29.6 Å². The van der Waals surface area contributed by atoms with Gasteiger partial charge in [0, 0.05) is 31.9 Å². The Hall–Kier alpha value is -1.59. The van der Waals surface area contributed by atoms with E-state index in [2.05, 4.69) is 10.2 Å². The topological polar surface area (TPSA) is 50.8 Å². The Morgan fingerprint density at radius 3 is 2.82 bits per heavy atom. The van der Waals surface area contributed by atoms with Crippen molar-refractivity contribution >= 4 is 11.6 Å². The maximum Gasteiger partial charge on any atom is 0.253 e. The first kappa shape index (κ1) is 15.3. The summed E-state index contributed by atoms with van der Waals surface area (Å²) in [6, 6.07) is 7.80. The van der Waals surface area contributed by atoms with Gasteiger partial charge in [0.05, 0.1) is 24.9 Å². The fourth-order valence-electron chi connectivity index (χ4n) is 3.06. The third-order valence-electron chi connectivity index (χ3n) is 4.28. The van der Waals surface area contributed by atoms with Crippen LogP contribution >= 0.6 is 0 Å². The van der Waals surface area contributed by atoms with Crippen molar-refractivity contribution in [3.63, 3.8) is 0 Å². The van der Waals surface area contributed by atoms with Gasteiger partial charge in [0.2, 0.25) is 0 Å². The summed E-state index contributed by atoms with van der Waals surface area (Å²) in [6.07, 6.45) is 3.46. The Morgan fingerprint density at radius 1 is 1.23 bits per heavy atom. The summed E-state index contributed by atoms with van der Waals surface area (Å²) in [5.41, 5.74) is 1.75. The van der Waals surface area contributed by atoms with Gasteiger partial charge in [-0.1, -0.05) is 12.1 Å². The van der Waals surface area contributed by atoms with Crippen LogP contribution in [0.2, 0.25) is 0 Å². The van der Waals surface area contributed by atoms with Crippen LogP contribution in [0, 0.1) is 0 Å². The van der Waals surface area contributed by atoms with Gasteiger partial charge in [-0.25, -0.2) is 0 Å². The molecular weight excluding hydrogens is 280 g/mol. The predicted molar refractivity (Wildman–Crippen MR) is 85.4 cm³/mol. The average Bonchev–Trinajstić information content (AvgIpc) is 3.09. The number of benzene rings is 1.